The molecule has 0 aliphatic carbocycles. The summed E-state index contributed by atoms with van der Waals surface area (Å²) in [4.78, 5) is 24.3. The Morgan fingerprint density at radius 2 is 1.90 bits per heavy atom. The molecular weight excluding hydrogens is 490 g/mol. The van der Waals surface area contributed by atoms with Crippen molar-refractivity contribution < 1.29 is 14.3 Å². The van der Waals surface area contributed by atoms with E-state index in [-0.39, 0.29) is 23.0 Å². The third-order valence-electron chi connectivity index (χ3n) is 3.76. The summed E-state index contributed by atoms with van der Waals surface area (Å²) >= 11 is 14.8. The van der Waals surface area contributed by atoms with Crippen molar-refractivity contribution in [3.05, 3.63) is 51.5 Å². The van der Waals surface area contributed by atoms with Gasteiger partial charge in [-0.3, -0.25) is 14.9 Å². The fourth-order valence-corrected chi connectivity index (χ4v) is 3.31. The van der Waals surface area contributed by atoms with E-state index in [2.05, 4.69) is 31.9 Å². The molecule has 0 bridgehead atoms. The smallest absolute Gasteiger partial charge is 0.257 e. The molecule has 0 aliphatic heterocycles. The number of carbonyl (C=O) groups is 2. The van der Waals surface area contributed by atoms with Crippen LogP contribution in [0, 0.1) is 0 Å². The Kier molecular flexibility index (Phi) is 9.08. The Balaban J connectivity index is 2.04. The molecule has 0 heterocycles. The standard InChI is InChI=1S/C21H23BrClN3O3S/c1-4-5-19(27)24-14-7-8-16(23)17(11-14)25-21(30)26-20(28)13-6-9-18(15(22)10-13)29-12(2)3/h6-12H,4-5H2,1-3H3,(H,24,27)(H2,25,26,28,30). The molecule has 0 atom stereocenters. The monoisotopic (exact) mass is 511 g/mol. The fourth-order valence-electron chi connectivity index (χ4n) is 2.47. The molecule has 9 heteroatoms. The van der Waals surface area contributed by atoms with E-state index < -0.39 is 0 Å². The average Bonchev–Trinajstić information content (AvgIpc) is 2.65. The molecule has 2 amide bonds. The van der Waals surface area contributed by atoms with Crippen LogP contribution in [0.2, 0.25) is 5.02 Å². The number of amides is 2. The number of hydrogen-bond acceptors (Lipinski definition) is 4. The highest BCUT2D eigenvalue weighted by Gasteiger charge is 2.13. The van der Waals surface area contributed by atoms with Crippen molar-refractivity contribution in [3.63, 3.8) is 0 Å². The summed E-state index contributed by atoms with van der Waals surface area (Å²) in [6.45, 7) is 5.78. The van der Waals surface area contributed by atoms with Gasteiger partial charge in [0.2, 0.25) is 5.91 Å². The summed E-state index contributed by atoms with van der Waals surface area (Å²) in [5.74, 6) is 0.181. The van der Waals surface area contributed by atoms with Gasteiger partial charge < -0.3 is 15.4 Å². The van der Waals surface area contributed by atoms with E-state index in [9.17, 15) is 9.59 Å². The maximum atomic E-state index is 12.5. The van der Waals surface area contributed by atoms with Gasteiger partial charge >= 0.3 is 0 Å². The fraction of sp³-hybridized carbons (Fsp3) is 0.286. The Hall–Kier alpha value is -2.16. The van der Waals surface area contributed by atoms with Crippen LogP contribution in [0.15, 0.2) is 40.9 Å². The first-order valence-corrected chi connectivity index (χ1v) is 11.0. The van der Waals surface area contributed by atoms with Gasteiger partial charge in [0.1, 0.15) is 5.75 Å². The van der Waals surface area contributed by atoms with Gasteiger partial charge in [-0.25, -0.2) is 0 Å². The minimum atomic E-state index is -0.382. The van der Waals surface area contributed by atoms with Crippen molar-refractivity contribution in [2.45, 2.75) is 39.7 Å². The highest BCUT2D eigenvalue weighted by molar-refractivity contribution is 9.10. The van der Waals surface area contributed by atoms with Crippen molar-refractivity contribution in [2.24, 2.45) is 0 Å². The van der Waals surface area contributed by atoms with Crippen molar-refractivity contribution in [3.8, 4) is 5.75 Å². The van der Waals surface area contributed by atoms with E-state index >= 15 is 0 Å². The Labute approximate surface area is 194 Å². The van der Waals surface area contributed by atoms with Crippen LogP contribution < -0.4 is 20.7 Å². The first-order valence-electron chi connectivity index (χ1n) is 9.37. The molecule has 3 N–H and O–H groups in total. The zero-order chi connectivity index (χ0) is 22.3. The predicted octanol–water partition coefficient (Wildman–Crippen LogP) is 5.76. The molecule has 0 fully saturated rings. The average molecular weight is 513 g/mol. The second-order valence-corrected chi connectivity index (χ2v) is 8.38. The zero-order valence-corrected chi connectivity index (χ0v) is 20.0. The number of carbonyl (C=O) groups excluding carboxylic acids is 2. The van der Waals surface area contributed by atoms with Crippen LogP contribution in [0.5, 0.6) is 5.75 Å². The number of benzene rings is 2. The highest BCUT2D eigenvalue weighted by atomic mass is 79.9. The number of nitrogens with one attached hydrogen (secondary N) is 3. The molecule has 30 heavy (non-hydrogen) atoms. The summed E-state index contributed by atoms with van der Waals surface area (Å²) in [5.41, 5.74) is 1.46. The van der Waals surface area contributed by atoms with Gasteiger partial charge in [0.15, 0.2) is 5.11 Å². The first kappa shape index (κ1) is 24.1. The van der Waals surface area contributed by atoms with Crippen molar-refractivity contribution in [2.75, 3.05) is 10.6 Å². The number of thiocarbonyl (C=S) groups is 1. The third-order valence-corrected chi connectivity index (χ3v) is 4.91. The second-order valence-electron chi connectivity index (χ2n) is 6.71. The summed E-state index contributed by atoms with van der Waals surface area (Å²) in [5, 5.41) is 8.77. The van der Waals surface area contributed by atoms with Gasteiger partial charge in [-0.2, -0.15) is 0 Å². The molecule has 0 aromatic heterocycles. The molecule has 2 aromatic rings. The van der Waals surface area contributed by atoms with E-state index in [1.165, 1.54) is 0 Å². The lowest BCUT2D eigenvalue weighted by atomic mass is 10.2. The largest absolute Gasteiger partial charge is 0.490 e. The van der Waals surface area contributed by atoms with E-state index in [1.54, 1.807) is 36.4 Å². The molecule has 0 radical (unpaired) electrons. The number of halogens is 2. The molecule has 0 spiro atoms. The maximum Gasteiger partial charge on any atom is 0.257 e. The van der Waals surface area contributed by atoms with Gasteiger partial charge in [0, 0.05) is 17.7 Å². The second kappa shape index (κ2) is 11.3. The third kappa shape index (κ3) is 7.27. The minimum Gasteiger partial charge on any atom is -0.490 e. The van der Waals surface area contributed by atoms with Crippen molar-refractivity contribution in [1.29, 1.82) is 0 Å². The first-order chi connectivity index (χ1) is 14.2. The number of hydrogen-bond donors (Lipinski definition) is 3. The van der Waals surface area contributed by atoms with Crippen LogP contribution in [0.3, 0.4) is 0 Å². The van der Waals surface area contributed by atoms with Gasteiger partial charge in [-0.15, -0.1) is 0 Å². The highest BCUT2D eigenvalue weighted by Crippen LogP contribution is 2.27. The van der Waals surface area contributed by atoms with Crippen LogP contribution >= 0.6 is 39.7 Å². The molecule has 0 saturated heterocycles. The Morgan fingerprint density at radius 3 is 2.53 bits per heavy atom. The quantitative estimate of drug-likeness (QED) is 0.411. The van der Waals surface area contributed by atoms with Crippen molar-refractivity contribution >= 4 is 68.1 Å². The molecule has 160 valence electrons. The Morgan fingerprint density at radius 1 is 1.17 bits per heavy atom. The topological polar surface area (TPSA) is 79.5 Å². The molecule has 0 saturated carbocycles. The van der Waals surface area contributed by atoms with E-state index in [4.69, 9.17) is 28.6 Å². The van der Waals surface area contributed by atoms with Crippen LogP contribution in [-0.2, 0) is 4.79 Å². The Bertz CT molecular complexity index is 953. The van der Waals surface area contributed by atoms with Crippen LogP contribution in [0.25, 0.3) is 0 Å². The molecule has 2 rings (SSSR count). The molecular formula is C21H23BrClN3O3S. The number of ether oxygens (including phenoxy) is 1. The summed E-state index contributed by atoms with van der Waals surface area (Å²) < 4.78 is 6.31. The van der Waals surface area contributed by atoms with E-state index in [0.717, 1.165) is 6.42 Å². The van der Waals surface area contributed by atoms with Crippen LogP contribution in [0.1, 0.15) is 44.0 Å². The maximum absolute atomic E-state index is 12.5. The van der Waals surface area contributed by atoms with E-state index in [1.807, 2.05) is 20.8 Å². The van der Waals surface area contributed by atoms with E-state index in [0.29, 0.717) is 38.6 Å². The lowest BCUT2D eigenvalue weighted by Crippen LogP contribution is -2.34. The minimum absolute atomic E-state index is 0.0185. The molecule has 0 unspecified atom stereocenters. The van der Waals surface area contributed by atoms with Gasteiger partial charge in [-0.1, -0.05) is 18.5 Å². The van der Waals surface area contributed by atoms with Crippen LogP contribution in [-0.4, -0.2) is 23.0 Å². The van der Waals surface area contributed by atoms with Gasteiger partial charge in [0.05, 0.1) is 21.3 Å². The van der Waals surface area contributed by atoms with Gasteiger partial charge in [0.25, 0.3) is 5.91 Å². The zero-order valence-electron chi connectivity index (χ0n) is 16.8. The number of rotatable bonds is 7. The van der Waals surface area contributed by atoms with Crippen LogP contribution in [0.4, 0.5) is 11.4 Å². The lowest BCUT2D eigenvalue weighted by Gasteiger charge is -2.14. The van der Waals surface area contributed by atoms with Gasteiger partial charge in [-0.05, 0) is 84.8 Å². The normalized spacial score (nSPS) is 10.5. The molecule has 2 aromatic carbocycles. The predicted molar refractivity (Wildman–Crippen MR) is 129 cm³/mol. The lowest BCUT2D eigenvalue weighted by molar-refractivity contribution is -0.116. The number of anilines is 2. The summed E-state index contributed by atoms with van der Waals surface area (Å²) in [6.07, 6.45) is 1.20. The summed E-state index contributed by atoms with van der Waals surface area (Å²) in [6, 6.07) is 10.0. The molecule has 0 aliphatic rings. The van der Waals surface area contributed by atoms with Crippen molar-refractivity contribution in [1.82, 2.24) is 5.32 Å². The molecule has 6 nitrogen and oxygen atoms in total. The SMILES string of the molecule is CCCC(=O)Nc1ccc(Cl)c(NC(=S)NC(=O)c2ccc(OC(C)C)c(Br)c2)c1. The summed E-state index contributed by atoms with van der Waals surface area (Å²) in [7, 11) is 0.